The molecule has 0 saturated heterocycles. The van der Waals surface area contributed by atoms with Gasteiger partial charge in [0.05, 0.1) is 12.8 Å². The second kappa shape index (κ2) is 6.32. The number of benzene rings is 1. The van der Waals surface area contributed by atoms with Crippen molar-refractivity contribution >= 4 is 44.3 Å². The highest BCUT2D eigenvalue weighted by atomic mass is 79.9. The lowest BCUT2D eigenvalue weighted by atomic mass is 10.1. The summed E-state index contributed by atoms with van der Waals surface area (Å²) >= 11 is 3.12. The Kier molecular flexibility index (Phi) is 4.22. The van der Waals surface area contributed by atoms with Gasteiger partial charge in [-0.15, -0.1) is 0 Å². The molecule has 0 aliphatic carbocycles. The molecule has 3 aromatic rings. The van der Waals surface area contributed by atoms with Crippen LogP contribution in [0.15, 0.2) is 45.6 Å². The van der Waals surface area contributed by atoms with Crippen molar-refractivity contribution in [2.24, 2.45) is 0 Å². The molecule has 0 saturated carbocycles. The monoisotopic (exact) mass is 390 g/mol. The Labute approximate surface area is 144 Å². The van der Waals surface area contributed by atoms with Gasteiger partial charge >= 0.3 is 5.97 Å². The lowest BCUT2D eigenvalue weighted by Crippen LogP contribution is -2.13. The van der Waals surface area contributed by atoms with Crippen LogP contribution in [-0.2, 0) is 0 Å². The molecule has 1 aromatic carbocycles. The average molecular weight is 391 g/mol. The predicted molar refractivity (Wildman–Crippen MR) is 89.6 cm³/mol. The Morgan fingerprint density at radius 3 is 2.67 bits per heavy atom. The minimum absolute atomic E-state index is 0.0895. The van der Waals surface area contributed by atoms with Crippen molar-refractivity contribution in [1.82, 2.24) is 4.98 Å². The number of hydrogen-bond acceptors (Lipinski definition) is 5. The topological polar surface area (TPSA) is 102 Å². The number of aromatic nitrogens is 1. The van der Waals surface area contributed by atoms with Gasteiger partial charge in [0, 0.05) is 17.0 Å². The summed E-state index contributed by atoms with van der Waals surface area (Å²) in [6.45, 7) is 0. The number of amides is 1. The summed E-state index contributed by atoms with van der Waals surface area (Å²) in [5.74, 6) is -1.14. The van der Waals surface area contributed by atoms with Crippen molar-refractivity contribution in [2.45, 2.75) is 0 Å². The number of ether oxygens (including phenoxy) is 1. The number of aromatic carboxylic acids is 1. The van der Waals surface area contributed by atoms with Crippen molar-refractivity contribution in [3.05, 3.63) is 52.7 Å². The molecule has 8 heteroatoms. The molecule has 0 aliphatic heterocycles. The van der Waals surface area contributed by atoms with E-state index in [1.54, 1.807) is 24.3 Å². The first-order valence-corrected chi connectivity index (χ1v) is 7.56. The molecule has 1 amide bonds. The zero-order valence-electron chi connectivity index (χ0n) is 12.4. The average Bonchev–Trinajstić information content (AvgIpc) is 3.01. The number of methoxy groups -OCH3 is 1. The maximum absolute atomic E-state index is 12.3. The number of pyridine rings is 1. The Hall–Kier alpha value is -2.87. The van der Waals surface area contributed by atoms with Crippen LogP contribution in [-0.4, -0.2) is 29.1 Å². The molecule has 2 aromatic heterocycles. The maximum Gasteiger partial charge on any atom is 0.355 e. The highest BCUT2D eigenvalue weighted by Gasteiger charge is 2.19. The van der Waals surface area contributed by atoms with Gasteiger partial charge in [-0.25, -0.2) is 9.78 Å². The van der Waals surface area contributed by atoms with Gasteiger partial charge in [0.2, 0.25) is 0 Å². The number of carbonyl (C=O) groups excluding carboxylic acids is 1. The van der Waals surface area contributed by atoms with E-state index in [1.807, 2.05) is 0 Å². The molecule has 122 valence electrons. The molecule has 0 radical (unpaired) electrons. The Morgan fingerprint density at radius 2 is 2.04 bits per heavy atom. The van der Waals surface area contributed by atoms with Gasteiger partial charge in [-0.2, -0.15) is 0 Å². The highest BCUT2D eigenvalue weighted by molar-refractivity contribution is 9.10. The highest BCUT2D eigenvalue weighted by Crippen LogP contribution is 2.33. The van der Waals surface area contributed by atoms with Crippen LogP contribution in [0.1, 0.15) is 21.0 Å². The van der Waals surface area contributed by atoms with E-state index in [0.717, 1.165) is 0 Å². The van der Waals surface area contributed by atoms with Crippen LogP contribution in [0.3, 0.4) is 0 Å². The summed E-state index contributed by atoms with van der Waals surface area (Å²) in [4.78, 5) is 27.7. The maximum atomic E-state index is 12.3. The van der Waals surface area contributed by atoms with Crippen molar-refractivity contribution in [1.29, 1.82) is 0 Å². The van der Waals surface area contributed by atoms with Crippen LogP contribution >= 0.6 is 15.9 Å². The zero-order valence-corrected chi connectivity index (χ0v) is 14.0. The van der Waals surface area contributed by atoms with Crippen molar-refractivity contribution in [3.8, 4) is 5.75 Å². The molecular weight excluding hydrogens is 380 g/mol. The number of rotatable bonds is 4. The minimum atomic E-state index is -1.20. The third-order valence-corrected chi connectivity index (χ3v) is 3.78. The number of furan rings is 1. The Bertz CT molecular complexity index is 951. The number of anilines is 1. The van der Waals surface area contributed by atoms with E-state index in [9.17, 15) is 14.7 Å². The lowest BCUT2D eigenvalue weighted by Gasteiger charge is -2.12. The second-order valence-corrected chi connectivity index (χ2v) is 5.54. The first-order valence-electron chi connectivity index (χ1n) is 6.77. The van der Waals surface area contributed by atoms with Crippen LogP contribution < -0.4 is 10.1 Å². The van der Waals surface area contributed by atoms with E-state index < -0.39 is 11.9 Å². The molecule has 7 nitrogen and oxygen atoms in total. The molecule has 0 unspecified atom stereocenters. The Morgan fingerprint density at radius 1 is 1.25 bits per heavy atom. The van der Waals surface area contributed by atoms with E-state index in [4.69, 9.17) is 9.15 Å². The van der Waals surface area contributed by atoms with Gasteiger partial charge in [0.25, 0.3) is 5.91 Å². The molecule has 0 spiro atoms. The fourth-order valence-corrected chi connectivity index (χ4v) is 2.64. The quantitative estimate of drug-likeness (QED) is 0.706. The van der Waals surface area contributed by atoms with E-state index in [0.29, 0.717) is 21.5 Å². The number of hydrogen-bond donors (Lipinski definition) is 2. The number of fused-ring (bicyclic) bond motifs is 1. The second-order valence-electron chi connectivity index (χ2n) is 4.76. The number of halogens is 1. The zero-order chi connectivity index (χ0) is 17.3. The molecule has 0 atom stereocenters. The summed E-state index contributed by atoms with van der Waals surface area (Å²) in [7, 11) is 1.48. The first-order chi connectivity index (χ1) is 11.5. The van der Waals surface area contributed by atoms with Crippen LogP contribution in [0.5, 0.6) is 5.75 Å². The molecule has 2 N–H and O–H groups in total. The smallest absolute Gasteiger partial charge is 0.355 e. The molecule has 3 rings (SSSR count). The lowest BCUT2D eigenvalue weighted by molar-refractivity contribution is 0.0692. The van der Waals surface area contributed by atoms with Gasteiger partial charge < -0.3 is 19.6 Å². The molecular formula is C16H11BrN2O5. The summed E-state index contributed by atoms with van der Waals surface area (Å²) < 4.78 is 10.9. The predicted octanol–water partition coefficient (Wildman–Crippen LogP) is 3.55. The summed E-state index contributed by atoms with van der Waals surface area (Å²) in [5, 5.41) is 12.8. The number of carbonyl (C=O) groups is 2. The van der Waals surface area contributed by atoms with Gasteiger partial charge in [-0.1, -0.05) is 0 Å². The summed E-state index contributed by atoms with van der Waals surface area (Å²) in [6.07, 6.45) is 1.38. The van der Waals surface area contributed by atoms with E-state index >= 15 is 0 Å². The molecule has 0 bridgehead atoms. The third-order valence-electron chi connectivity index (χ3n) is 3.35. The van der Waals surface area contributed by atoms with E-state index in [2.05, 4.69) is 26.2 Å². The molecule has 0 fully saturated rings. The minimum Gasteiger partial charge on any atom is -0.496 e. The molecule has 0 aliphatic rings. The summed E-state index contributed by atoms with van der Waals surface area (Å²) in [5.41, 5.74) is 0.121. The van der Waals surface area contributed by atoms with Gasteiger partial charge in [0.15, 0.2) is 16.1 Å². The number of carboxylic acid groups (broad SMARTS) is 1. The van der Waals surface area contributed by atoms with Crippen molar-refractivity contribution < 1.29 is 23.8 Å². The molecule has 2 heterocycles. The van der Waals surface area contributed by atoms with Crippen molar-refractivity contribution in [3.63, 3.8) is 0 Å². The van der Waals surface area contributed by atoms with Gasteiger partial charge in [-0.05, 0) is 46.3 Å². The molecule has 24 heavy (non-hydrogen) atoms. The van der Waals surface area contributed by atoms with Crippen molar-refractivity contribution in [2.75, 3.05) is 12.4 Å². The van der Waals surface area contributed by atoms with Gasteiger partial charge in [-0.3, -0.25) is 4.79 Å². The summed E-state index contributed by atoms with van der Waals surface area (Å²) in [6, 6.07) is 7.92. The van der Waals surface area contributed by atoms with Crippen LogP contribution in [0.4, 0.5) is 5.69 Å². The van der Waals surface area contributed by atoms with E-state index in [1.165, 1.54) is 19.4 Å². The fraction of sp³-hybridized carbons (Fsp3) is 0.0625. The van der Waals surface area contributed by atoms with E-state index in [-0.39, 0.29) is 16.8 Å². The SMILES string of the molecule is COc1ccc(NC(=O)c2ccc(Br)o2)c2c(C(=O)O)nccc12. The largest absolute Gasteiger partial charge is 0.496 e. The van der Waals surface area contributed by atoms with Crippen LogP contribution in [0.25, 0.3) is 10.8 Å². The standard InChI is InChI=1S/C16H11BrN2O5/c1-23-10-3-2-9(19-15(20)11-4-5-12(17)24-11)13-8(10)6-7-18-14(13)16(21)22/h2-7H,1H3,(H,19,20)(H,21,22). The fourth-order valence-electron chi connectivity index (χ4n) is 2.34. The van der Waals surface area contributed by atoms with Crippen LogP contribution in [0, 0.1) is 0 Å². The normalized spacial score (nSPS) is 10.6. The number of nitrogens with one attached hydrogen (secondary N) is 1. The first kappa shape index (κ1) is 16.0. The van der Waals surface area contributed by atoms with Crippen LogP contribution in [0.2, 0.25) is 0 Å². The number of carboxylic acids is 1. The Balaban J connectivity index is 2.14. The van der Waals surface area contributed by atoms with Gasteiger partial charge in [0.1, 0.15) is 5.75 Å². The third kappa shape index (κ3) is 2.83. The number of nitrogens with zero attached hydrogens (tertiary/aromatic N) is 1.